The molecular formula is C35H33N3O7S. The number of non-ortho nitro benzene ring substituents is 1. The molecule has 0 saturated carbocycles. The normalized spacial score (nSPS) is 14.3. The van der Waals surface area contributed by atoms with Crippen molar-refractivity contribution in [2.75, 3.05) is 13.7 Å². The first-order valence-electron chi connectivity index (χ1n) is 14.7. The molecule has 3 aromatic carbocycles. The summed E-state index contributed by atoms with van der Waals surface area (Å²) in [6.45, 7) is 8.22. The SMILES string of the molecule is C=CCc1cc(/C=c2\sc3n(c2=O)[C@@H](c2ccccc2)C(C(=O)OC)=C(CC)N=3)cc(OCC)c1OCc1ccc([N+](=O)[O-])cc1. The average molecular weight is 640 g/mol. The summed E-state index contributed by atoms with van der Waals surface area (Å²) in [7, 11) is 1.33. The zero-order valence-corrected chi connectivity index (χ0v) is 26.5. The second-order valence-electron chi connectivity index (χ2n) is 10.3. The molecule has 5 rings (SSSR count). The molecule has 236 valence electrons. The molecule has 4 aromatic rings. The van der Waals surface area contributed by atoms with Crippen molar-refractivity contribution >= 4 is 29.1 Å². The van der Waals surface area contributed by atoms with Gasteiger partial charge < -0.3 is 14.2 Å². The van der Waals surface area contributed by atoms with Crippen molar-refractivity contribution in [3.63, 3.8) is 0 Å². The predicted octanol–water partition coefficient (Wildman–Crippen LogP) is 5.41. The molecule has 1 atom stereocenters. The fraction of sp³-hybridized carbons (Fsp3) is 0.229. The van der Waals surface area contributed by atoms with Crippen molar-refractivity contribution in [2.24, 2.45) is 4.99 Å². The summed E-state index contributed by atoms with van der Waals surface area (Å²) >= 11 is 1.25. The number of methoxy groups -OCH3 is 1. The van der Waals surface area contributed by atoms with E-state index in [1.807, 2.05) is 56.3 Å². The Kier molecular flexibility index (Phi) is 9.92. The number of fused-ring (bicyclic) bond motifs is 1. The standard InChI is InChI=1S/C35H33N3O7S/c1-5-11-25-18-23(19-28(44-7-3)32(25)45-21-22-14-16-26(17-15-22)38(41)42)20-29-33(39)37-31(24-12-9-8-10-13-24)30(34(40)43-4)27(6-2)36-35(37)46-29/h5,8-10,12-20,31H,1,6-7,11,21H2,2-4H3/b29-20-/t31-/m0/s1. The summed E-state index contributed by atoms with van der Waals surface area (Å²) in [6, 6.07) is 18.6. The third-order valence-corrected chi connectivity index (χ3v) is 8.39. The number of benzene rings is 3. The van der Waals surface area contributed by atoms with Gasteiger partial charge in [0, 0.05) is 17.7 Å². The summed E-state index contributed by atoms with van der Waals surface area (Å²) < 4.78 is 19.3. The Hall–Kier alpha value is -5.29. The monoisotopic (exact) mass is 639 g/mol. The third-order valence-electron chi connectivity index (χ3n) is 7.41. The second-order valence-corrected chi connectivity index (χ2v) is 11.4. The summed E-state index contributed by atoms with van der Waals surface area (Å²) in [5.41, 5.74) is 3.69. The highest BCUT2D eigenvalue weighted by Gasteiger charge is 2.33. The lowest BCUT2D eigenvalue weighted by Gasteiger charge is -2.25. The molecule has 0 radical (unpaired) electrons. The van der Waals surface area contributed by atoms with Crippen LogP contribution in [-0.4, -0.2) is 29.2 Å². The lowest BCUT2D eigenvalue weighted by molar-refractivity contribution is -0.384. The summed E-state index contributed by atoms with van der Waals surface area (Å²) in [6.07, 6.45) is 4.49. The summed E-state index contributed by atoms with van der Waals surface area (Å²) in [5, 5.41) is 11.0. The largest absolute Gasteiger partial charge is 0.490 e. The lowest BCUT2D eigenvalue weighted by Crippen LogP contribution is -2.40. The van der Waals surface area contributed by atoms with Crippen molar-refractivity contribution in [3.05, 3.63) is 143 Å². The van der Waals surface area contributed by atoms with Crippen molar-refractivity contribution in [1.29, 1.82) is 0 Å². The van der Waals surface area contributed by atoms with Crippen LogP contribution in [-0.2, 0) is 22.6 Å². The molecule has 10 nitrogen and oxygen atoms in total. The maximum atomic E-state index is 14.1. The fourth-order valence-corrected chi connectivity index (χ4v) is 6.36. The Morgan fingerprint density at radius 1 is 1.11 bits per heavy atom. The predicted molar refractivity (Wildman–Crippen MR) is 176 cm³/mol. The van der Waals surface area contributed by atoms with Gasteiger partial charge in [0.15, 0.2) is 16.3 Å². The van der Waals surface area contributed by atoms with Crippen LogP contribution in [0.4, 0.5) is 5.69 Å². The number of aromatic nitrogens is 1. The number of hydrogen-bond acceptors (Lipinski definition) is 9. The number of nitrogens with zero attached hydrogens (tertiary/aromatic N) is 3. The highest BCUT2D eigenvalue weighted by Crippen LogP contribution is 2.35. The van der Waals surface area contributed by atoms with Crippen LogP contribution in [0.5, 0.6) is 11.5 Å². The number of esters is 1. The summed E-state index contributed by atoms with van der Waals surface area (Å²) in [5.74, 6) is 0.493. The van der Waals surface area contributed by atoms with E-state index in [2.05, 4.69) is 6.58 Å². The maximum absolute atomic E-state index is 14.1. The van der Waals surface area contributed by atoms with Gasteiger partial charge in [0.25, 0.3) is 11.2 Å². The van der Waals surface area contributed by atoms with Gasteiger partial charge in [-0.15, -0.1) is 6.58 Å². The van der Waals surface area contributed by atoms with E-state index < -0.39 is 16.9 Å². The molecule has 0 unspecified atom stereocenters. The number of nitro groups is 1. The smallest absolute Gasteiger partial charge is 0.338 e. The minimum Gasteiger partial charge on any atom is -0.490 e. The van der Waals surface area contributed by atoms with Crippen LogP contribution in [0.1, 0.15) is 48.6 Å². The van der Waals surface area contributed by atoms with Crippen molar-refractivity contribution in [2.45, 2.75) is 39.3 Å². The first-order valence-corrected chi connectivity index (χ1v) is 15.6. The van der Waals surface area contributed by atoms with E-state index >= 15 is 0 Å². The first-order chi connectivity index (χ1) is 22.3. The molecule has 0 aliphatic carbocycles. The van der Waals surface area contributed by atoms with Crippen LogP contribution in [0.2, 0.25) is 0 Å². The second kappa shape index (κ2) is 14.2. The molecule has 0 amide bonds. The quantitative estimate of drug-likeness (QED) is 0.0879. The Balaban J connectivity index is 1.60. The van der Waals surface area contributed by atoms with E-state index in [4.69, 9.17) is 19.2 Å². The van der Waals surface area contributed by atoms with Crippen LogP contribution in [0.15, 0.2) is 100 Å². The number of ether oxygens (including phenoxy) is 3. The molecule has 1 aliphatic rings. The van der Waals surface area contributed by atoms with E-state index in [-0.39, 0.29) is 17.9 Å². The van der Waals surface area contributed by atoms with Crippen LogP contribution in [0.3, 0.4) is 0 Å². The molecule has 46 heavy (non-hydrogen) atoms. The Labute approximate surface area is 269 Å². The number of allylic oxidation sites excluding steroid dienone is 2. The van der Waals surface area contributed by atoms with E-state index in [9.17, 15) is 19.7 Å². The Morgan fingerprint density at radius 2 is 1.85 bits per heavy atom. The molecule has 1 aliphatic heterocycles. The molecule has 0 saturated heterocycles. The molecule has 0 bridgehead atoms. The number of hydrogen-bond donors (Lipinski definition) is 0. The highest BCUT2D eigenvalue weighted by molar-refractivity contribution is 7.07. The minimum absolute atomic E-state index is 0.00302. The zero-order valence-electron chi connectivity index (χ0n) is 25.7. The first kappa shape index (κ1) is 32.1. The van der Waals surface area contributed by atoms with E-state index in [1.54, 1.807) is 28.9 Å². The summed E-state index contributed by atoms with van der Waals surface area (Å²) in [4.78, 5) is 42.9. The zero-order chi connectivity index (χ0) is 32.8. The highest BCUT2D eigenvalue weighted by atomic mass is 32.1. The number of rotatable bonds is 12. The average Bonchev–Trinajstić information content (AvgIpc) is 3.37. The van der Waals surface area contributed by atoms with Crippen molar-refractivity contribution < 1.29 is 23.9 Å². The topological polar surface area (TPSA) is 122 Å². The van der Waals surface area contributed by atoms with Gasteiger partial charge in [0.05, 0.1) is 40.5 Å². The van der Waals surface area contributed by atoms with Gasteiger partial charge in [-0.05, 0) is 66.8 Å². The van der Waals surface area contributed by atoms with Gasteiger partial charge in [-0.2, -0.15) is 0 Å². The van der Waals surface area contributed by atoms with Crippen molar-refractivity contribution in [3.8, 4) is 11.5 Å². The number of carbonyl (C=O) groups excluding carboxylic acids is 1. The molecule has 2 heterocycles. The number of nitro benzene ring substituents is 1. The van der Waals surface area contributed by atoms with Crippen LogP contribution in [0.25, 0.3) is 6.08 Å². The number of thiazole rings is 1. The molecule has 11 heteroatoms. The van der Waals surface area contributed by atoms with Gasteiger partial charge in [0.1, 0.15) is 6.61 Å². The van der Waals surface area contributed by atoms with E-state index in [0.29, 0.717) is 57.1 Å². The molecule has 1 aromatic heterocycles. The minimum atomic E-state index is -0.687. The van der Waals surface area contributed by atoms with E-state index in [1.165, 1.54) is 30.6 Å². The molecule has 0 fully saturated rings. The molecular weight excluding hydrogens is 606 g/mol. The van der Waals surface area contributed by atoms with Gasteiger partial charge in [-0.3, -0.25) is 19.5 Å². The fourth-order valence-electron chi connectivity index (χ4n) is 5.34. The van der Waals surface area contributed by atoms with Gasteiger partial charge >= 0.3 is 5.97 Å². The van der Waals surface area contributed by atoms with Crippen LogP contribution < -0.4 is 24.4 Å². The maximum Gasteiger partial charge on any atom is 0.338 e. The number of carbonyl (C=O) groups is 1. The van der Waals surface area contributed by atoms with E-state index in [0.717, 1.165) is 16.7 Å². The van der Waals surface area contributed by atoms with Gasteiger partial charge in [-0.1, -0.05) is 54.7 Å². The van der Waals surface area contributed by atoms with Gasteiger partial charge in [0.2, 0.25) is 0 Å². The Morgan fingerprint density at radius 3 is 2.48 bits per heavy atom. The third kappa shape index (κ3) is 6.54. The van der Waals surface area contributed by atoms with Crippen LogP contribution >= 0.6 is 11.3 Å². The Bertz CT molecular complexity index is 1990. The van der Waals surface area contributed by atoms with Crippen molar-refractivity contribution in [1.82, 2.24) is 4.57 Å². The molecule has 0 spiro atoms. The van der Waals surface area contributed by atoms with Crippen LogP contribution in [0, 0.1) is 10.1 Å². The molecule has 0 N–H and O–H groups in total. The van der Waals surface area contributed by atoms with Gasteiger partial charge in [-0.25, -0.2) is 9.79 Å². The lowest BCUT2D eigenvalue weighted by atomic mass is 9.95.